The Bertz CT molecular complexity index is 375. The summed E-state index contributed by atoms with van der Waals surface area (Å²) in [7, 11) is 0. The molecule has 0 aliphatic carbocycles. The Kier molecular flexibility index (Phi) is 3.98. The summed E-state index contributed by atoms with van der Waals surface area (Å²) in [5.41, 5.74) is 1.10. The van der Waals surface area contributed by atoms with Crippen molar-refractivity contribution in [2.75, 3.05) is 26.2 Å². The monoisotopic (exact) mass is 214 g/mol. The topological polar surface area (TPSA) is 15.3 Å². The van der Waals surface area contributed by atoms with Crippen LogP contribution in [0, 0.1) is 11.8 Å². The summed E-state index contributed by atoms with van der Waals surface area (Å²) in [4.78, 5) is 2.40. The van der Waals surface area contributed by atoms with Crippen molar-refractivity contribution in [3.05, 3.63) is 35.9 Å². The molecule has 2 nitrogen and oxygen atoms in total. The van der Waals surface area contributed by atoms with Crippen molar-refractivity contribution in [1.29, 1.82) is 0 Å². The molecule has 0 spiro atoms. The van der Waals surface area contributed by atoms with Crippen molar-refractivity contribution in [1.82, 2.24) is 10.2 Å². The smallest absolute Gasteiger partial charge is 0.0606 e. The molecule has 1 aromatic rings. The summed E-state index contributed by atoms with van der Waals surface area (Å²) in [6, 6.07) is 10.8. The van der Waals surface area contributed by atoms with Crippen LogP contribution in [0.4, 0.5) is 0 Å². The maximum absolute atomic E-state index is 3.43. The van der Waals surface area contributed by atoms with Crippen LogP contribution in [0.25, 0.3) is 0 Å². The first-order valence-electron chi connectivity index (χ1n) is 5.84. The molecule has 16 heavy (non-hydrogen) atoms. The molecule has 0 amide bonds. The van der Waals surface area contributed by atoms with Crippen LogP contribution in [-0.2, 0) is 0 Å². The molecule has 1 aromatic carbocycles. The van der Waals surface area contributed by atoms with E-state index < -0.39 is 0 Å². The molecule has 2 rings (SSSR count). The van der Waals surface area contributed by atoms with Gasteiger partial charge >= 0.3 is 0 Å². The van der Waals surface area contributed by atoms with Gasteiger partial charge in [0.05, 0.1) is 6.54 Å². The van der Waals surface area contributed by atoms with Crippen molar-refractivity contribution in [2.45, 2.75) is 13.0 Å². The first-order valence-corrected chi connectivity index (χ1v) is 5.84. The molecular weight excluding hydrogens is 196 g/mol. The van der Waals surface area contributed by atoms with Gasteiger partial charge in [-0.05, 0) is 19.1 Å². The third kappa shape index (κ3) is 3.37. The van der Waals surface area contributed by atoms with Crippen LogP contribution >= 0.6 is 0 Å². The van der Waals surface area contributed by atoms with Gasteiger partial charge in [-0.1, -0.05) is 30.0 Å². The maximum Gasteiger partial charge on any atom is 0.0606 e. The van der Waals surface area contributed by atoms with E-state index in [0.717, 1.165) is 31.7 Å². The van der Waals surface area contributed by atoms with Gasteiger partial charge in [0.15, 0.2) is 0 Å². The van der Waals surface area contributed by atoms with Gasteiger partial charge in [0.1, 0.15) is 0 Å². The second kappa shape index (κ2) is 5.69. The molecule has 1 fully saturated rings. The van der Waals surface area contributed by atoms with Crippen LogP contribution in [-0.4, -0.2) is 37.1 Å². The normalized spacial score (nSPS) is 21.2. The molecule has 1 heterocycles. The first-order chi connectivity index (χ1) is 7.84. The third-order valence-electron chi connectivity index (χ3n) is 2.76. The first kappa shape index (κ1) is 11.2. The molecule has 1 atom stereocenters. The number of nitrogens with one attached hydrogen (secondary N) is 1. The van der Waals surface area contributed by atoms with E-state index in [4.69, 9.17) is 0 Å². The van der Waals surface area contributed by atoms with Gasteiger partial charge in [0.2, 0.25) is 0 Å². The van der Waals surface area contributed by atoms with Crippen LogP contribution in [0.1, 0.15) is 12.5 Å². The summed E-state index contributed by atoms with van der Waals surface area (Å²) in [5, 5.41) is 3.43. The van der Waals surface area contributed by atoms with E-state index in [2.05, 4.69) is 29.0 Å². The largest absolute Gasteiger partial charge is 0.312 e. The molecule has 1 N–H and O–H groups in total. The Morgan fingerprint density at radius 1 is 1.38 bits per heavy atom. The highest BCUT2D eigenvalue weighted by atomic mass is 15.2. The minimum atomic E-state index is 0.590. The zero-order valence-electron chi connectivity index (χ0n) is 9.74. The molecule has 1 unspecified atom stereocenters. The lowest BCUT2D eigenvalue weighted by Crippen LogP contribution is -2.49. The highest BCUT2D eigenvalue weighted by Crippen LogP contribution is 1.98. The molecule has 0 radical (unpaired) electrons. The van der Waals surface area contributed by atoms with Crippen LogP contribution in [0.2, 0.25) is 0 Å². The Hall–Kier alpha value is -1.30. The van der Waals surface area contributed by atoms with E-state index in [-0.39, 0.29) is 0 Å². The Labute approximate surface area is 97.7 Å². The van der Waals surface area contributed by atoms with E-state index in [0.29, 0.717) is 6.04 Å². The van der Waals surface area contributed by atoms with Crippen molar-refractivity contribution >= 4 is 0 Å². The highest BCUT2D eigenvalue weighted by molar-refractivity contribution is 5.33. The molecule has 0 saturated carbocycles. The minimum absolute atomic E-state index is 0.590. The second-order valence-electron chi connectivity index (χ2n) is 4.26. The van der Waals surface area contributed by atoms with E-state index >= 15 is 0 Å². The van der Waals surface area contributed by atoms with Gasteiger partial charge < -0.3 is 5.32 Å². The predicted molar refractivity (Wildman–Crippen MR) is 67.2 cm³/mol. The molecule has 2 heteroatoms. The maximum atomic E-state index is 3.43. The highest BCUT2D eigenvalue weighted by Gasteiger charge is 2.13. The summed E-state index contributed by atoms with van der Waals surface area (Å²) in [6.45, 7) is 6.38. The molecule has 1 saturated heterocycles. The predicted octanol–water partition coefficient (Wildman–Crippen LogP) is 1.33. The fourth-order valence-electron chi connectivity index (χ4n) is 1.93. The fourth-order valence-corrected chi connectivity index (χ4v) is 1.93. The molecule has 1 aliphatic heterocycles. The number of hydrogen-bond acceptors (Lipinski definition) is 2. The molecule has 1 aliphatic rings. The second-order valence-corrected chi connectivity index (χ2v) is 4.26. The average Bonchev–Trinajstić information content (AvgIpc) is 2.30. The zero-order chi connectivity index (χ0) is 11.2. The van der Waals surface area contributed by atoms with E-state index in [1.165, 1.54) is 0 Å². The lowest BCUT2D eigenvalue weighted by molar-refractivity contribution is 0.229. The van der Waals surface area contributed by atoms with Crippen LogP contribution in [0.3, 0.4) is 0 Å². The molecule has 0 aromatic heterocycles. The van der Waals surface area contributed by atoms with Gasteiger partial charge in [0, 0.05) is 31.2 Å². The zero-order valence-corrected chi connectivity index (χ0v) is 9.74. The lowest BCUT2D eigenvalue weighted by atomic mass is 10.2. The number of nitrogens with zero attached hydrogens (tertiary/aromatic N) is 1. The summed E-state index contributed by atoms with van der Waals surface area (Å²) >= 11 is 0. The molecule has 0 bridgehead atoms. The van der Waals surface area contributed by atoms with Gasteiger partial charge in [0.25, 0.3) is 0 Å². The SMILES string of the molecule is CC1CN(CC#Cc2ccccc2)CCN1. The Morgan fingerprint density at radius 2 is 2.19 bits per heavy atom. The van der Waals surface area contributed by atoms with E-state index in [1.807, 2.05) is 30.3 Å². The van der Waals surface area contributed by atoms with Crippen LogP contribution in [0.5, 0.6) is 0 Å². The third-order valence-corrected chi connectivity index (χ3v) is 2.76. The number of piperazine rings is 1. The van der Waals surface area contributed by atoms with Gasteiger partial charge in [-0.25, -0.2) is 0 Å². The fraction of sp³-hybridized carbons (Fsp3) is 0.429. The van der Waals surface area contributed by atoms with Crippen molar-refractivity contribution in [3.63, 3.8) is 0 Å². The molecular formula is C14H18N2. The lowest BCUT2D eigenvalue weighted by Gasteiger charge is -2.30. The van der Waals surface area contributed by atoms with Crippen molar-refractivity contribution in [3.8, 4) is 11.8 Å². The van der Waals surface area contributed by atoms with E-state index in [1.54, 1.807) is 0 Å². The van der Waals surface area contributed by atoms with E-state index in [9.17, 15) is 0 Å². The van der Waals surface area contributed by atoms with Gasteiger partial charge in [-0.15, -0.1) is 0 Å². The summed E-state index contributed by atoms with van der Waals surface area (Å²) < 4.78 is 0. The van der Waals surface area contributed by atoms with Crippen molar-refractivity contribution < 1.29 is 0 Å². The minimum Gasteiger partial charge on any atom is -0.312 e. The quantitative estimate of drug-likeness (QED) is 0.710. The Morgan fingerprint density at radius 3 is 2.94 bits per heavy atom. The number of hydrogen-bond donors (Lipinski definition) is 1. The van der Waals surface area contributed by atoms with Crippen LogP contribution in [0.15, 0.2) is 30.3 Å². The number of rotatable bonds is 1. The summed E-state index contributed by atoms with van der Waals surface area (Å²) in [5.74, 6) is 6.43. The summed E-state index contributed by atoms with van der Waals surface area (Å²) in [6.07, 6.45) is 0. The standard InChI is InChI=1S/C14H18N2/c1-13-12-16(11-9-15-13)10-5-8-14-6-3-2-4-7-14/h2-4,6-7,13,15H,9-12H2,1H3. The van der Waals surface area contributed by atoms with Gasteiger partial charge in [-0.3, -0.25) is 4.90 Å². The number of benzene rings is 1. The average molecular weight is 214 g/mol. The Balaban J connectivity index is 1.85. The van der Waals surface area contributed by atoms with Crippen molar-refractivity contribution in [2.24, 2.45) is 0 Å². The molecule has 84 valence electrons. The van der Waals surface area contributed by atoms with Crippen LogP contribution < -0.4 is 5.32 Å². The van der Waals surface area contributed by atoms with Gasteiger partial charge in [-0.2, -0.15) is 0 Å².